The summed E-state index contributed by atoms with van der Waals surface area (Å²) in [6, 6.07) is 0.753. The topological polar surface area (TPSA) is 27.3 Å². The molecular weight excluding hydrogens is 138 g/mol. The normalized spacial score (nSPS) is 22.4. The number of hydrogen-bond donors (Lipinski definition) is 2. The maximum atomic E-state index is 3.32. The van der Waals surface area contributed by atoms with Crippen molar-refractivity contribution in [3.05, 3.63) is 0 Å². The molecule has 0 unspecified atom stereocenters. The van der Waals surface area contributed by atoms with Crippen molar-refractivity contribution in [3.63, 3.8) is 0 Å². The van der Waals surface area contributed by atoms with Gasteiger partial charge in [0.1, 0.15) is 0 Å². The molecule has 1 aliphatic heterocycles. The van der Waals surface area contributed by atoms with E-state index in [1.807, 2.05) is 7.05 Å². The van der Waals surface area contributed by atoms with E-state index in [0.717, 1.165) is 12.7 Å². The Hall–Kier alpha value is -0.120. The molecule has 3 nitrogen and oxygen atoms in total. The molecule has 0 spiro atoms. The van der Waals surface area contributed by atoms with Crippen LogP contribution in [0.2, 0.25) is 0 Å². The monoisotopic (exact) mass is 157 g/mol. The highest BCUT2D eigenvalue weighted by atomic mass is 15.2. The van der Waals surface area contributed by atoms with Gasteiger partial charge in [-0.05, 0) is 26.9 Å². The van der Waals surface area contributed by atoms with Gasteiger partial charge in [0.2, 0.25) is 0 Å². The van der Waals surface area contributed by atoms with Crippen molar-refractivity contribution in [2.75, 3.05) is 33.9 Å². The molecule has 0 atom stereocenters. The van der Waals surface area contributed by atoms with E-state index in [1.54, 1.807) is 0 Å². The maximum absolute atomic E-state index is 3.32. The van der Waals surface area contributed by atoms with Gasteiger partial charge in [-0.15, -0.1) is 0 Å². The van der Waals surface area contributed by atoms with Crippen LogP contribution in [0.25, 0.3) is 0 Å². The summed E-state index contributed by atoms with van der Waals surface area (Å²) in [5.74, 6) is 0. The van der Waals surface area contributed by atoms with Crippen LogP contribution in [-0.2, 0) is 0 Å². The molecule has 0 aromatic heterocycles. The molecule has 0 aromatic rings. The third-order valence-electron chi connectivity index (χ3n) is 2.38. The Kier molecular flexibility index (Phi) is 3.83. The van der Waals surface area contributed by atoms with E-state index in [4.69, 9.17) is 0 Å². The van der Waals surface area contributed by atoms with Crippen LogP contribution in [0.1, 0.15) is 12.8 Å². The van der Waals surface area contributed by atoms with Crippen molar-refractivity contribution in [2.45, 2.75) is 18.9 Å². The highest BCUT2D eigenvalue weighted by Crippen LogP contribution is 2.07. The van der Waals surface area contributed by atoms with E-state index < -0.39 is 0 Å². The summed E-state index contributed by atoms with van der Waals surface area (Å²) in [7, 11) is 4.06. The first-order chi connectivity index (χ1) is 5.36. The highest BCUT2D eigenvalue weighted by Gasteiger charge is 2.16. The Morgan fingerprint density at radius 3 is 2.36 bits per heavy atom. The zero-order valence-electron chi connectivity index (χ0n) is 7.56. The minimum Gasteiger partial charge on any atom is -0.317 e. The van der Waals surface area contributed by atoms with Crippen LogP contribution >= 0.6 is 0 Å². The molecule has 0 aromatic carbocycles. The van der Waals surface area contributed by atoms with Crippen molar-refractivity contribution in [2.24, 2.45) is 0 Å². The molecule has 1 rings (SSSR count). The first kappa shape index (κ1) is 8.97. The lowest BCUT2D eigenvalue weighted by Crippen LogP contribution is -2.44. The fourth-order valence-corrected chi connectivity index (χ4v) is 1.60. The van der Waals surface area contributed by atoms with Crippen molar-refractivity contribution >= 4 is 0 Å². The molecule has 3 heteroatoms. The fourth-order valence-electron chi connectivity index (χ4n) is 1.60. The fraction of sp³-hybridized carbons (Fsp3) is 1.00. The van der Waals surface area contributed by atoms with Gasteiger partial charge in [0.15, 0.2) is 0 Å². The molecule has 0 saturated carbocycles. The molecule has 1 heterocycles. The van der Waals surface area contributed by atoms with E-state index in [2.05, 4.69) is 22.6 Å². The molecule has 0 radical (unpaired) electrons. The molecule has 2 N–H and O–H groups in total. The van der Waals surface area contributed by atoms with Gasteiger partial charge in [-0.1, -0.05) is 0 Å². The number of nitrogens with zero attached hydrogens (tertiary/aromatic N) is 1. The highest BCUT2D eigenvalue weighted by molar-refractivity contribution is 4.74. The lowest BCUT2D eigenvalue weighted by molar-refractivity contribution is 0.193. The van der Waals surface area contributed by atoms with Crippen LogP contribution in [0.4, 0.5) is 0 Å². The summed E-state index contributed by atoms with van der Waals surface area (Å²) < 4.78 is 0. The first-order valence-electron chi connectivity index (χ1n) is 4.41. The van der Waals surface area contributed by atoms with Gasteiger partial charge in [-0.2, -0.15) is 0 Å². The minimum atomic E-state index is 0.753. The van der Waals surface area contributed by atoms with Crippen molar-refractivity contribution in [1.29, 1.82) is 0 Å². The van der Waals surface area contributed by atoms with E-state index in [1.165, 1.54) is 25.9 Å². The second kappa shape index (κ2) is 4.70. The van der Waals surface area contributed by atoms with Gasteiger partial charge >= 0.3 is 0 Å². The predicted octanol–water partition coefficient (Wildman–Crippen LogP) is -0.153. The quantitative estimate of drug-likeness (QED) is 0.596. The molecular formula is C8H19N3. The number of nitrogens with one attached hydrogen (secondary N) is 2. The Bertz CT molecular complexity index is 97.5. The van der Waals surface area contributed by atoms with Gasteiger partial charge in [0.05, 0.1) is 0 Å². The van der Waals surface area contributed by atoms with E-state index in [0.29, 0.717) is 0 Å². The number of hydrogen-bond acceptors (Lipinski definition) is 3. The third kappa shape index (κ3) is 2.77. The SMILES string of the molecule is CNCN1CCC(NC)CC1. The van der Waals surface area contributed by atoms with Crippen LogP contribution in [0.15, 0.2) is 0 Å². The molecule has 66 valence electrons. The van der Waals surface area contributed by atoms with Crippen molar-refractivity contribution < 1.29 is 0 Å². The Labute approximate surface area is 69.1 Å². The summed E-state index contributed by atoms with van der Waals surface area (Å²) in [6.07, 6.45) is 2.58. The number of likely N-dealkylation sites (tertiary alicyclic amines) is 1. The van der Waals surface area contributed by atoms with Gasteiger partial charge in [0, 0.05) is 25.8 Å². The number of rotatable bonds is 3. The maximum Gasteiger partial charge on any atom is 0.0478 e. The summed E-state index contributed by atoms with van der Waals surface area (Å²) in [5.41, 5.74) is 0. The van der Waals surface area contributed by atoms with Gasteiger partial charge in [-0.25, -0.2) is 0 Å². The second-order valence-electron chi connectivity index (χ2n) is 3.19. The Morgan fingerprint density at radius 1 is 1.27 bits per heavy atom. The Morgan fingerprint density at radius 2 is 1.91 bits per heavy atom. The van der Waals surface area contributed by atoms with Gasteiger partial charge < -0.3 is 10.6 Å². The zero-order valence-corrected chi connectivity index (χ0v) is 7.56. The second-order valence-corrected chi connectivity index (χ2v) is 3.19. The van der Waals surface area contributed by atoms with E-state index >= 15 is 0 Å². The average Bonchev–Trinajstić information content (AvgIpc) is 2.07. The molecule has 0 amide bonds. The predicted molar refractivity (Wildman–Crippen MR) is 47.6 cm³/mol. The first-order valence-corrected chi connectivity index (χ1v) is 4.41. The number of piperidine rings is 1. The lowest BCUT2D eigenvalue weighted by atomic mass is 10.1. The average molecular weight is 157 g/mol. The van der Waals surface area contributed by atoms with Crippen LogP contribution in [0.3, 0.4) is 0 Å². The van der Waals surface area contributed by atoms with Crippen LogP contribution in [-0.4, -0.2) is 44.8 Å². The van der Waals surface area contributed by atoms with Crippen LogP contribution in [0, 0.1) is 0 Å². The van der Waals surface area contributed by atoms with E-state index in [9.17, 15) is 0 Å². The zero-order chi connectivity index (χ0) is 8.10. The molecule has 1 fully saturated rings. The van der Waals surface area contributed by atoms with Crippen molar-refractivity contribution in [3.8, 4) is 0 Å². The van der Waals surface area contributed by atoms with Crippen LogP contribution < -0.4 is 10.6 Å². The van der Waals surface area contributed by atoms with Crippen molar-refractivity contribution in [1.82, 2.24) is 15.5 Å². The molecule has 11 heavy (non-hydrogen) atoms. The third-order valence-corrected chi connectivity index (χ3v) is 2.38. The van der Waals surface area contributed by atoms with E-state index in [-0.39, 0.29) is 0 Å². The smallest absolute Gasteiger partial charge is 0.0478 e. The molecule has 1 saturated heterocycles. The van der Waals surface area contributed by atoms with Gasteiger partial charge in [0.25, 0.3) is 0 Å². The lowest BCUT2D eigenvalue weighted by Gasteiger charge is -2.31. The van der Waals surface area contributed by atoms with Crippen LogP contribution in [0.5, 0.6) is 0 Å². The largest absolute Gasteiger partial charge is 0.317 e. The molecule has 1 aliphatic rings. The minimum absolute atomic E-state index is 0.753. The Balaban J connectivity index is 2.14. The van der Waals surface area contributed by atoms with Gasteiger partial charge in [-0.3, -0.25) is 4.90 Å². The molecule has 0 bridgehead atoms. The standard InChI is InChI=1S/C8H19N3/c1-9-7-11-5-3-8(10-2)4-6-11/h8-10H,3-7H2,1-2H3. The summed E-state index contributed by atoms with van der Waals surface area (Å²) in [6.45, 7) is 3.50. The summed E-state index contributed by atoms with van der Waals surface area (Å²) in [5, 5.41) is 6.50. The molecule has 0 aliphatic carbocycles. The summed E-state index contributed by atoms with van der Waals surface area (Å²) >= 11 is 0. The summed E-state index contributed by atoms with van der Waals surface area (Å²) in [4.78, 5) is 2.45.